The number of hydrogen-bond acceptors (Lipinski definition) is 3. The molecule has 38 heavy (non-hydrogen) atoms. The Kier molecular flexibility index (Phi) is 5.23. The zero-order valence-corrected chi connectivity index (χ0v) is 22.5. The van der Waals surface area contributed by atoms with Gasteiger partial charge in [0.15, 0.2) is 5.82 Å². The van der Waals surface area contributed by atoms with Crippen molar-refractivity contribution >= 4 is 46.4 Å². The second kappa shape index (κ2) is 8.79. The van der Waals surface area contributed by atoms with E-state index in [0.29, 0.717) is 0 Å². The van der Waals surface area contributed by atoms with Gasteiger partial charge in [0.2, 0.25) is 0 Å². The van der Waals surface area contributed by atoms with Crippen molar-refractivity contribution in [1.29, 1.82) is 0 Å². The quantitative estimate of drug-likeness (QED) is 0.232. The molecule has 6 aromatic rings. The van der Waals surface area contributed by atoms with Gasteiger partial charge in [-0.2, -0.15) is 0 Å². The first kappa shape index (κ1) is 22.6. The molecule has 0 spiro atoms. The van der Waals surface area contributed by atoms with Crippen LogP contribution in [-0.4, -0.2) is 18.0 Å². The van der Waals surface area contributed by atoms with Crippen molar-refractivity contribution in [3.05, 3.63) is 128 Å². The molecule has 0 radical (unpaired) electrons. The molecule has 5 aromatic carbocycles. The molecule has 0 bridgehead atoms. The minimum atomic E-state index is -1.78. The van der Waals surface area contributed by atoms with Gasteiger partial charge in [0.1, 0.15) is 8.07 Å². The highest BCUT2D eigenvalue weighted by atomic mass is 28.3. The van der Waals surface area contributed by atoms with Crippen LogP contribution in [0.2, 0.25) is 13.1 Å². The van der Waals surface area contributed by atoms with Crippen LogP contribution in [-0.2, 0) is 0 Å². The van der Waals surface area contributed by atoms with Crippen LogP contribution in [0.4, 0.5) is 17.1 Å². The molecule has 0 saturated heterocycles. The molecule has 182 valence electrons. The first-order chi connectivity index (χ1) is 18.6. The molecule has 1 aromatic heterocycles. The topological polar surface area (TPSA) is 29.0 Å². The number of anilines is 3. The van der Waals surface area contributed by atoms with Crippen molar-refractivity contribution in [3.8, 4) is 22.5 Å². The second-order valence-electron chi connectivity index (χ2n) is 10.4. The Morgan fingerprint density at radius 2 is 1.18 bits per heavy atom. The molecule has 0 fully saturated rings. The van der Waals surface area contributed by atoms with Gasteiger partial charge in [0.25, 0.3) is 0 Å². The van der Waals surface area contributed by atoms with Gasteiger partial charge in [-0.25, -0.2) is 9.97 Å². The standard InChI is InChI=1S/C34H27N3Si/c1-38(2)32-14-8-6-12-30(32)37(31-13-7-9-15-33(31)38)28-20-18-24(19-21-28)26-16-17-27-23-35-34(36-29(27)22-26)25-10-4-3-5-11-25/h3-23H,1-2H3. The Balaban J connectivity index is 1.28. The van der Waals surface area contributed by atoms with Gasteiger partial charge in [-0.15, -0.1) is 0 Å². The van der Waals surface area contributed by atoms with Crippen LogP contribution in [0, 0.1) is 0 Å². The predicted molar refractivity (Wildman–Crippen MR) is 162 cm³/mol. The summed E-state index contributed by atoms with van der Waals surface area (Å²) in [6.07, 6.45) is 1.91. The van der Waals surface area contributed by atoms with E-state index in [9.17, 15) is 0 Å². The molecule has 1 aliphatic rings. The highest BCUT2D eigenvalue weighted by molar-refractivity contribution is 7.02. The number of nitrogens with zero attached hydrogens (tertiary/aromatic N) is 3. The van der Waals surface area contributed by atoms with E-state index in [1.165, 1.54) is 33.0 Å². The number of aromatic nitrogens is 2. The summed E-state index contributed by atoms with van der Waals surface area (Å²) in [6, 6.07) is 43.3. The SMILES string of the molecule is C[Si]1(C)c2ccccc2N(c2ccc(-c3ccc4cnc(-c5ccccc5)nc4c3)cc2)c2ccccc21. The van der Waals surface area contributed by atoms with Gasteiger partial charge in [0.05, 0.1) is 5.52 Å². The lowest BCUT2D eigenvalue weighted by Gasteiger charge is -2.41. The van der Waals surface area contributed by atoms with Crippen molar-refractivity contribution in [2.24, 2.45) is 0 Å². The maximum Gasteiger partial charge on any atom is 0.159 e. The average Bonchev–Trinajstić information content (AvgIpc) is 2.98. The lowest BCUT2D eigenvalue weighted by Crippen LogP contribution is -2.58. The first-order valence-electron chi connectivity index (χ1n) is 13.0. The summed E-state index contributed by atoms with van der Waals surface area (Å²) in [6.45, 7) is 4.91. The average molecular weight is 506 g/mol. The molecular weight excluding hydrogens is 478 g/mol. The Labute approximate surface area is 224 Å². The molecule has 7 rings (SSSR count). The Hall–Kier alpha value is -4.54. The number of hydrogen-bond donors (Lipinski definition) is 0. The maximum absolute atomic E-state index is 4.87. The fourth-order valence-electron chi connectivity index (χ4n) is 5.68. The molecule has 2 heterocycles. The second-order valence-corrected chi connectivity index (χ2v) is 14.7. The molecule has 0 amide bonds. The highest BCUT2D eigenvalue weighted by Gasteiger charge is 2.38. The summed E-state index contributed by atoms with van der Waals surface area (Å²) in [7, 11) is -1.78. The lowest BCUT2D eigenvalue weighted by molar-refractivity contribution is 1.23. The van der Waals surface area contributed by atoms with Crippen LogP contribution in [0.15, 0.2) is 128 Å². The largest absolute Gasteiger partial charge is 0.311 e. The summed E-state index contributed by atoms with van der Waals surface area (Å²) >= 11 is 0. The van der Waals surface area contributed by atoms with Crippen LogP contribution < -0.4 is 15.3 Å². The summed E-state index contributed by atoms with van der Waals surface area (Å²) in [5.74, 6) is 0.750. The zero-order chi connectivity index (χ0) is 25.7. The van der Waals surface area contributed by atoms with E-state index in [0.717, 1.165) is 27.9 Å². The van der Waals surface area contributed by atoms with E-state index in [1.54, 1.807) is 0 Å². The minimum absolute atomic E-state index is 0.750. The number of benzene rings is 5. The fraction of sp³-hybridized carbons (Fsp3) is 0.0588. The molecule has 1 aliphatic heterocycles. The van der Waals surface area contributed by atoms with Crippen molar-refractivity contribution < 1.29 is 0 Å². The van der Waals surface area contributed by atoms with Crippen LogP contribution >= 0.6 is 0 Å². The maximum atomic E-state index is 4.87. The highest BCUT2D eigenvalue weighted by Crippen LogP contribution is 2.38. The third-order valence-electron chi connectivity index (χ3n) is 7.71. The van der Waals surface area contributed by atoms with E-state index >= 15 is 0 Å². The van der Waals surface area contributed by atoms with E-state index in [-0.39, 0.29) is 0 Å². The van der Waals surface area contributed by atoms with Gasteiger partial charge in [-0.05, 0) is 51.8 Å². The zero-order valence-electron chi connectivity index (χ0n) is 21.5. The van der Waals surface area contributed by atoms with Crippen molar-refractivity contribution in [1.82, 2.24) is 9.97 Å². The van der Waals surface area contributed by atoms with Gasteiger partial charge < -0.3 is 4.90 Å². The Bertz CT molecular complexity index is 1740. The molecule has 0 unspecified atom stereocenters. The van der Waals surface area contributed by atoms with Gasteiger partial charge in [-0.3, -0.25) is 0 Å². The summed E-state index contributed by atoms with van der Waals surface area (Å²) in [4.78, 5) is 11.9. The molecule has 4 heteroatoms. The van der Waals surface area contributed by atoms with E-state index in [4.69, 9.17) is 4.98 Å². The van der Waals surface area contributed by atoms with Crippen LogP contribution in [0.25, 0.3) is 33.4 Å². The van der Waals surface area contributed by atoms with Gasteiger partial charge in [0, 0.05) is 34.2 Å². The van der Waals surface area contributed by atoms with Crippen molar-refractivity contribution in [3.63, 3.8) is 0 Å². The molecule has 0 saturated carbocycles. The number of fused-ring (bicyclic) bond motifs is 3. The van der Waals surface area contributed by atoms with E-state index in [1.807, 2.05) is 36.5 Å². The molecule has 0 aliphatic carbocycles. The molecular formula is C34H27N3Si. The molecule has 0 N–H and O–H groups in total. The van der Waals surface area contributed by atoms with Crippen molar-refractivity contribution in [2.45, 2.75) is 13.1 Å². The monoisotopic (exact) mass is 505 g/mol. The smallest absolute Gasteiger partial charge is 0.159 e. The number of rotatable bonds is 3. The van der Waals surface area contributed by atoms with Crippen molar-refractivity contribution in [2.75, 3.05) is 4.90 Å². The fourth-order valence-corrected chi connectivity index (χ4v) is 8.67. The minimum Gasteiger partial charge on any atom is -0.311 e. The van der Waals surface area contributed by atoms with Crippen LogP contribution in [0.3, 0.4) is 0 Å². The molecule has 3 nitrogen and oxygen atoms in total. The number of para-hydroxylation sites is 2. The summed E-state index contributed by atoms with van der Waals surface area (Å²) < 4.78 is 0. The summed E-state index contributed by atoms with van der Waals surface area (Å²) in [5.41, 5.74) is 8.06. The Morgan fingerprint density at radius 1 is 0.579 bits per heavy atom. The van der Waals surface area contributed by atoms with Gasteiger partial charge >= 0.3 is 0 Å². The van der Waals surface area contributed by atoms with Crippen LogP contribution in [0.1, 0.15) is 0 Å². The van der Waals surface area contributed by atoms with E-state index in [2.05, 4.69) is 114 Å². The van der Waals surface area contributed by atoms with Crippen LogP contribution in [0.5, 0.6) is 0 Å². The first-order valence-corrected chi connectivity index (χ1v) is 16.0. The predicted octanol–water partition coefficient (Wildman–Crippen LogP) is 7.57. The Morgan fingerprint density at radius 3 is 1.87 bits per heavy atom. The third kappa shape index (κ3) is 3.65. The normalized spacial score (nSPS) is 13.7. The molecule has 0 atom stereocenters. The lowest BCUT2D eigenvalue weighted by atomic mass is 10.0. The van der Waals surface area contributed by atoms with Gasteiger partial charge in [-0.1, -0.05) is 104 Å². The van der Waals surface area contributed by atoms with E-state index < -0.39 is 8.07 Å². The summed E-state index contributed by atoms with van der Waals surface area (Å²) in [5, 5.41) is 4.00. The third-order valence-corrected chi connectivity index (χ3v) is 11.2.